The van der Waals surface area contributed by atoms with Crippen molar-refractivity contribution < 1.29 is 4.43 Å². The van der Waals surface area contributed by atoms with E-state index in [-0.39, 0.29) is 0 Å². The summed E-state index contributed by atoms with van der Waals surface area (Å²) in [5, 5.41) is 0. The van der Waals surface area contributed by atoms with Crippen LogP contribution >= 0.6 is 0 Å². The Hall–Kier alpha value is 0.177. The molecule has 1 nitrogen and oxygen atoms in total. The summed E-state index contributed by atoms with van der Waals surface area (Å²) in [6.07, 6.45) is 4.20. The summed E-state index contributed by atoms with van der Waals surface area (Å²) in [7, 11) is -1.13. The van der Waals surface area contributed by atoms with E-state index in [0.29, 0.717) is 0 Å². The van der Waals surface area contributed by atoms with Gasteiger partial charge in [-0.25, -0.2) is 0 Å². The van der Waals surface area contributed by atoms with Gasteiger partial charge < -0.3 is 4.43 Å². The average Bonchev–Trinajstić information content (AvgIpc) is 2.39. The zero-order valence-corrected chi connectivity index (χ0v) is 8.86. The van der Waals surface area contributed by atoms with Gasteiger partial charge in [0.05, 0.1) is 0 Å². The van der Waals surface area contributed by atoms with Crippen molar-refractivity contribution in [2.45, 2.75) is 51.2 Å². The molecule has 0 aromatic carbocycles. The van der Waals surface area contributed by atoms with Crippen LogP contribution in [-0.2, 0) is 4.43 Å². The zero-order chi connectivity index (χ0) is 8.16. The Morgan fingerprint density at radius 2 is 1.82 bits per heavy atom. The lowest BCUT2D eigenvalue weighted by atomic mass is 10.4. The van der Waals surface area contributed by atoms with Gasteiger partial charge in [0, 0.05) is 6.61 Å². The summed E-state index contributed by atoms with van der Waals surface area (Å²) in [5.74, 6) is 0. The lowest BCUT2D eigenvalue weighted by molar-refractivity contribution is 0.323. The molecular formula is C9H20OSi. The lowest BCUT2D eigenvalue weighted by Crippen LogP contribution is -2.34. The highest BCUT2D eigenvalue weighted by atomic mass is 28.4. The Balaban J connectivity index is 2.40. The predicted octanol–water partition coefficient (Wildman–Crippen LogP) is 3.17. The second-order valence-electron chi connectivity index (χ2n) is 3.57. The monoisotopic (exact) mass is 172 g/mol. The van der Waals surface area contributed by atoms with E-state index in [9.17, 15) is 0 Å². The van der Waals surface area contributed by atoms with Gasteiger partial charge in [-0.15, -0.1) is 0 Å². The van der Waals surface area contributed by atoms with Crippen molar-refractivity contribution in [1.82, 2.24) is 0 Å². The molecule has 11 heavy (non-hydrogen) atoms. The number of rotatable bonds is 4. The van der Waals surface area contributed by atoms with Gasteiger partial charge in [-0.1, -0.05) is 26.2 Å². The molecule has 0 N–H and O–H groups in total. The maximum Gasteiger partial charge on any atom is 0.192 e. The highest BCUT2D eigenvalue weighted by Gasteiger charge is 2.36. The van der Waals surface area contributed by atoms with E-state index in [1.165, 1.54) is 37.4 Å². The van der Waals surface area contributed by atoms with Crippen LogP contribution in [0, 0.1) is 0 Å². The molecule has 1 rings (SSSR count). The van der Waals surface area contributed by atoms with Gasteiger partial charge in [-0.2, -0.15) is 0 Å². The summed E-state index contributed by atoms with van der Waals surface area (Å²) in [6.45, 7) is 5.38. The quantitative estimate of drug-likeness (QED) is 0.592. The summed E-state index contributed by atoms with van der Waals surface area (Å²) >= 11 is 0. The minimum atomic E-state index is -1.13. The predicted molar refractivity (Wildman–Crippen MR) is 51.3 cm³/mol. The van der Waals surface area contributed by atoms with Crippen LogP contribution in [0.3, 0.4) is 0 Å². The van der Waals surface area contributed by atoms with E-state index in [4.69, 9.17) is 4.43 Å². The van der Waals surface area contributed by atoms with E-state index < -0.39 is 8.32 Å². The molecule has 1 saturated heterocycles. The molecule has 0 aliphatic carbocycles. The number of hydrogen-bond acceptors (Lipinski definition) is 1. The van der Waals surface area contributed by atoms with E-state index in [1.807, 2.05) is 0 Å². The molecule has 0 bridgehead atoms. The molecular weight excluding hydrogens is 152 g/mol. The smallest absolute Gasteiger partial charge is 0.192 e. The van der Waals surface area contributed by atoms with Crippen molar-refractivity contribution in [1.29, 1.82) is 0 Å². The molecule has 66 valence electrons. The van der Waals surface area contributed by atoms with E-state index in [2.05, 4.69) is 13.8 Å². The van der Waals surface area contributed by atoms with Crippen LogP contribution in [0.2, 0.25) is 18.1 Å². The van der Waals surface area contributed by atoms with Crippen LogP contribution in [-0.4, -0.2) is 14.9 Å². The molecule has 0 spiro atoms. The maximum atomic E-state index is 5.97. The summed E-state index contributed by atoms with van der Waals surface area (Å²) in [5.41, 5.74) is 0. The largest absolute Gasteiger partial charge is 0.417 e. The first-order valence-corrected chi connectivity index (χ1v) is 7.50. The Labute approximate surface area is 71.3 Å². The molecule has 0 saturated carbocycles. The Kier molecular flexibility index (Phi) is 3.59. The SMILES string of the molecule is CCC[Si]1(OCC)CCCC1. The summed E-state index contributed by atoms with van der Waals surface area (Å²) in [4.78, 5) is 0. The van der Waals surface area contributed by atoms with Gasteiger partial charge in [-0.3, -0.25) is 0 Å². The minimum Gasteiger partial charge on any atom is -0.417 e. The van der Waals surface area contributed by atoms with Crippen LogP contribution < -0.4 is 0 Å². The summed E-state index contributed by atoms with van der Waals surface area (Å²) < 4.78 is 5.97. The van der Waals surface area contributed by atoms with Gasteiger partial charge >= 0.3 is 0 Å². The summed E-state index contributed by atoms with van der Waals surface area (Å²) in [6, 6.07) is 4.28. The average molecular weight is 172 g/mol. The lowest BCUT2D eigenvalue weighted by Gasteiger charge is -2.25. The van der Waals surface area contributed by atoms with Crippen LogP contribution in [0.25, 0.3) is 0 Å². The fraction of sp³-hybridized carbons (Fsp3) is 1.00. The fourth-order valence-electron chi connectivity index (χ4n) is 2.25. The second kappa shape index (κ2) is 4.26. The molecule has 0 aromatic rings. The zero-order valence-electron chi connectivity index (χ0n) is 7.86. The third-order valence-corrected chi connectivity index (χ3v) is 7.51. The van der Waals surface area contributed by atoms with Gasteiger partial charge in [0.1, 0.15) is 0 Å². The van der Waals surface area contributed by atoms with Crippen LogP contribution in [0.15, 0.2) is 0 Å². The molecule has 0 radical (unpaired) electrons. The van der Waals surface area contributed by atoms with Gasteiger partial charge in [0.25, 0.3) is 0 Å². The highest BCUT2D eigenvalue weighted by molar-refractivity contribution is 6.74. The van der Waals surface area contributed by atoms with Crippen LogP contribution in [0.5, 0.6) is 0 Å². The van der Waals surface area contributed by atoms with Crippen molar-refractivity contribution in [3.8, 4) is 0 Å². The second-order valence-corrected chi connectivity index (χ2v) is 7.73. The van der Waals surface area contributed by atoms with Gasteiger partial charge in [0.2, 0.25) is 0 Å². The third-order valence-electron chi connectivity index (χ3n) is 2.67. The van der Waals surface area contributed by atoms with E-state index >= 15 is 0 Å². The first kappa shape index (κ1) is 9.27. The third kappa shape index (κ3) is 2.31. The topological polar surface area (TPSA) is 9.23 Å². The Bertz CT molecular complexity index is 100. The number of hydrogen-bond donors (Lipinski definition) is 0. The molecule has 0 atom stereocenters. The molecule has 1 heterocycles. The van der Waals surface area contributed by atoms with Gasteiger partial charge in [0.15, 0.2) is 8.32 Å². The minimum absolute atomic E-state index is 0.951. The van der Waals surface area contributed by atoms with Crippen molar-refractivity contribution in [2.75, 3.05) is 6.61 Å². The van der Waals surface area contributed by atoms with Gasteiger partial charge in [-0.05, 0) is 25.1 Å². The fourth-order valence-corrected chi connectivity index (χ4v) is 6.74. The molecule has 2 heteroatoms. The van der Waals surface area contributed by atoms with Crippen molar-refractivity contribution in [3.05, 3.63) is 0 Å². The maximum absolute atomic E-state index is 5.97. The molecule has 1 aliphatic heterocycles. The first-order chi connectivity index (χ1) is 5.33. The van der Waals surface area contributed by atoms with Crippen molar-refractivity contribution in [3.63, 3.8) is 0 Å². The van der Waals surface area contributed by atoms with Crippen LogP contribution in [0.1, 0.15) is 33.1 Å². The molecule has 1 fully saturated rings. The van der Waals surface area contributed by atoms with Crippen molar-refractivity contribution >= 4 is 8.32 Å². The van der Waals surface area contributed by atoms with Crippen molar-refractivity contribution in [2.24, 2.45) is 0 Å². The molecule has 0 amide bonds. The normalized spacial score (nSPS) is 22.4. The highest BCUT2D eigenvalue weighted by Crippen LogP contribution is 2.34. The molecule has 0 unspecified atom stereocenters. The van der Waals surface area contributed by atoms with E-state index in [0.717, 1.165) is 6.61 Å². The Morgan fingerprint density at radius 1 is 1.18 bits per heavy atom. The molecule has 1 aliphatic rings. The van der Waals surface area contributed by atoms with E-state index in [1.54, 1.807) is 0 Å². The molecule has 0 aromatic heterocycles. The van der Waals surface area contributed by atoms with Crippen LogP contribution in [0.4, 0.5) is 0 Å². The Morgan fingerprint density at radius 3 is 2.27 bits per heavy atom. The standard InChI is InChI=1S/C9H20OSi/c1-3-7-11(10-4-2)8-5-6-9-11/h3-9H2,1-2H3. The first-order valence-electron chi connectivity index (χ1n) is 4.97.